The average Bonchev–Trinajstić information content (AvgIpc) is 2.20. The molecule has 0 saturated heterocycles. The smallest absolute Gasteiger partial charge is 0.150 e. The van der Waals surface area contributed by atoms with Crippen LogP contribution in [0, 0.1) is 6.07 Å². The minimum Gasteiger partial charge on any atom is -0.494 e. The summed E-state index contributed by atoms with van der Waals surface area (Å²) in [6.45, 7) is 6.25. The molecule has 0 fully saturated rings. The van der Waals surface area contributed by atoms with Crippen LogP contribution in [0.1, 0.15) is 13.8 Å². The van der Waals surface area contributed by atoms with Gasteiger partial charge in [-0.1, -0.05) is 12.1 Å². The van der Waals surface area contributed by atoms with Crippen molar-refractivity contribution in [2.24, 2.45) is 0 Å². The van der Waals surface area contributed by atoms with Gasteiger partial charge in [0.15, 0.2) is 0 Å². The lowest BCUT2D eigenvalue weighted by atomic mass is 10.2. The fourth-order valence-corrected chi connectivity index (χ4v) is 1.39. The minimum atomic E-state index is 0.825. The lowest BCUT2D eigenvalue weighted by Gasteiger charge is -2.22. The molecule has 0 saturated carbocycles. The third kappa shape index (κ3) is 2.14. The van der Waals surface area contributed by atoms with Gasteiger partial charge in [-0.25, -0.2) is 0 Å². The molecule has 0 aliphatic rings. The van der Waals surface area contributed by atoms with Crippen molar-refractivity contribution in [2.45, 2.75) is 13.8 Å². The summed E-state index contributed by atoms with van der Waals surface area (Å²) in [5, 5.41) is 0. The number of hydrogen-bond acceptors (Lipinski definition) is 2. The van der Waals surface area contributed by atoms with E-state index in [1.807, 2.05) is 12.1 Å². The van der Waals surface area contributed by atoms with Crippen molar-refractivity contribution in [1.82, 2.24) is 0 Å². The van der Waals surface area contributed by atoms with Gasteiger partial charge in [0.25, 0.3) is 0 Å². The van der Waals surface area contributed by atoms with Gasteiger partial charge < -0.3 is 9.64 Å². The fourth-order valence-electron chi connectivity index (χ4n) is 1.39. The van der Waals surface area contributed by atoms with Gasteiger partial charge in [-0.3, -0.25) is 0 Å². The summed E-state index contributed by atoms with van der Waals surface area (Å²) in [6.07, 6.45) is 0. The number of hydrogen-bond donors (Lipinski definition) is 0. The molecule has 0 unspecified atom stereocenters. The van der Waals surface area contributed by atoms with Crippen molar-refractivity contribution in [3.05, 3.63) is 24.3 Å². The predicted molar refractivity (Wildman–Crippen MR) is 55.4 cm³/mol. The first kappa shape index (κ1) is 9.90. The van der Waals surface area contributed by atoms with Gasteiger partial charge in [0.05, 0.1) is 12.8 Å². The zero-order valence-corrected chi connectivity index (χ0v) is 8.50. The topological polar surface area (TPSA) is 12.5 Å². The summed E-state index contributed by atoms with van der Waals surface area (Å²) in [5.74, 6) is 0.825. The van der Waals surface area contributed by atoms with Crippen LogP contribution in [0.4, 0.5) is 5.69 Å². The van der Waals surface area contributed by atoms with Gasteiger partial charge in [-0.05, 0) is 19.9 Å². The van der Waals surface area contributed by atoms with Crippen molar-refractivity contribution < 1.29 is 4.74 Å². The van der Waals surface area contributed by atoms with Gasteiger partial charge >= 0.3 is 0 Å². The average molecular weight is 178 g/mol. The van der Waals surface area contributed by atoms with Gasteiger partial charge in [0, 0.05) is 19.2 Å². The Morgan fingerprint density at radius 1 is 1.38 bits per heavy atom. The number of para-hydroxylation sites is 1. The first-order valence-corrected chi connectivity index (χ1v) is 4.63. The summed E-state index contributed by atoms with van der Waals surface area (Å²) < 4.78 is 5.23. The molecule has 1 rings (SSSR count). The molecular formula is C11H16NO. The molecule has 0 N–H and O–H groups in total. The van der Waals surface area contributed by atoms with Crippen molar-refractivity contribution in [3.63, 3.8) is 0 Å². The molecular weight excluding hydrogens is 162 g/mol. The van der Waals surface area contributed by atoms with Crippen molar-refractivity contribution >= 4 is 5.69 Å². The number of nitrogens with zero attached hydrogens (tertiary/aromatic N) is 1. The number of methoxy groups -OCH3 is 1. The zero-order chi connectivity index (χ0) is 9.68. The maximum Gasteiger partial charge on any atom is 0.150 e. The maximum atomic E-state index is 5.23. The van der Waals surface area contributed by atoms with E-state index in [1.54, 1.807) is 7.11 Å². The zero-order valence-electron chi connectivity index (χ0n) is 8.50. The molecule has 1 radical (unpaired) electrons. The highest BCUT2D eigenvalue weighted by Gasteiger charge is 2.06. The monoisotopic (exact) mass is 178 g/mol. The Hall–Kier alpha value is -1.18. The van der Waals surface area contributed by atoms with Crippen LogP contribution >= 0.6 is 0 Å². The van der Waals surface area contributed by atoms with E-state index in [0.717, 1.165) is 24.5 Å². The SMILES string of the molecule is CCN(CC)c1ccc[c]c1OC. The lowest BCUT2D eigenvalue weighted by molar-refractivity contribution is 0.413. The maximum absolute atomic E-state index is 5.23. The van der Waals surface area contributed by atoms with Crippen LogP contribution < -0.4 is 9.64 Å². The highest BCUT2D eigenvalue weighted by atomic mass is 16.5. The van der Waals surface area contributed by atoms with E-state index >= 15 is 0 Å². The Labute approximate surface area is 80.1 Å². The van der Waals surface area contributed by atoms with Crippen LogP contribution in [0.25, 0.3) is 0 Å². The lowest BCUT2D eigenvalue weighted by Crippen LogP contribution is -2.22. The standard InChI is InChI=1S/C11H16NO/c1-4-12(5-2)10-8-6-7-9-11(10)13-3/h6-8H,4-5H2,1-3H3. The number of ether oxygens (including phenoxy) is 1. The highest BCUT2D eigenvalue weighted by molar-refractivity contribution is 5.57. The molecule has 1 aromatic rings. The van der Waals surface area contributed by atoms with E-state index in [2.05, 4.69) is 30.9 Å². The third-order valence-corrected chi connectivity index (χ3v) is 2.11. The molecule has 0 aromatic heterocycles. The summed E-state index contributed by atoms with van der Waals surface area (Å²) >= 11 is 0. The van der Waals surface area contributed by atoms with Crippen LogP contribution in [0.3, 0.4) is 0 Å². The second-order valence-corrected chi connectivity index (χ2v) is 2.76. The van der Waals surface area contributed by atoms with Crippen LogP contribution in [0.2, 0.25) is 0 Å². The van der Waals surface area contributed by atoms with Gasteiger partial charge in [0.2, 0.25) is 0 Å². The second-order valence-electron chi connectivity index (χ2n) is 2.76. The summed E-state index contributed by atoms with van der Waals surface area (Å²) in [4.78, 5) is 2.25. The van der Waals surface area contributed by atoms with E-state index < -0.39 is 0 Å². The van der Waals surface area contributed by atoms with Gasteiger partial charge in [-0.15, -0.1) is 0 Å². The van der Waals surface area contributed by atoms with Crippen LogP contribution in [-0.4, -0.2) is 20.2 Å². The van der Waals surface area contributed by atoms with E-state index in [-0.39, 0.29) is 0 Å². The Bertz CT molecular complexity index is 256. The number of benzene rings is 1. The first-order valence-electron chi connectivity index (χ1n) is 4.63. The Balaban J connectivity index is 2.96. The van der Waals surface area contributed by atoms with Gasteiger partial charge in [-0.2, -0.15) is 0 Å². The van der Waals surface area contributed by atoms with Crippen molar-refractivity contribution in [3.8, 4) is 5.75 Å². The highest BCUT2D eigenvalue weighted by Crippen LogP contribution is 2.26. The molecule has 13 heavy (non-hydrogen) atoms. The van der Waals surface area contributed by atoms with E-state index in [4.69, 9.17) is 4.74 Å². The predicted octanol–water partition coefficient (Wildman–Crippen LogP) is 2.34. The van der Waals surface area contributed by atoms with E-state index in [1.165, 1.54) is 0 Å². The molecule has 0 aliphatic carbocycles. The Morgan fingerprint density at radius 2 is 2.08 bits per heavy atom. The molecule has 0 bridgehead atoms. The molecule has 0 atom stereocenters. The second kappa shape index (κ2) is 4.75. The molecule has 0 amide bonds. The third-order valence-electron chi connectivity index (χ3n) is 2.11. The Kier molecular flexibility index (Phi) is 3.62. The van der Waals surface area contributed by atoms with Crippen molar-refractivity contribution in [1.29, 1.82) is 0 Å². The summed E-state index contributed by atoms with van der Waals surface area (Å²) in [7, 11) is 1.68. The number of anilines is 1. The van der Waals surface area contributed by atoms with Crippen molar-refractivity contribution in [2.75, 3.05) is 25.1 Å². The van der Waals surface area contributed by atoms with Crippen LogP contribution in [0.5, 0.6) is 5.75 Å². The van der Waals surface area contributed by atoms with Crippen LogP contribution in [-0.2, 0) is 0 Å². The Morgan fingerprint density at radius 3 is 2.62 bits per heavy atom. The number of rotatable bonds is 4. The molecule has 1 aromatic carbocycles. The van der Waals surface area contributed by atoms with E-state index in [9.17, 15) is 0 Å². The molecule has 0 spiro atoms. The summed E-state index contributed by atoms with van der Waals surface area (Å²) in [6, 6.07) is 8.98. The minimum absolute atomic E-state index is 0.825. The van der Waals surface area contributed by atoms with Gasteiger partial charge in [0.1, 0.15) is 5.75 Å². The molecule has 71 valence electrons. The quantitative estimate of drug-likeness (QED) is 0.701. The molecule has 2 nitrogen and oxygen atoms in total. The molecule has 0 heterocycles. The largest absolute Gasteiger partial charge is 0.494 e. The summed E-state index contributed by atoms with van der Waals surface area (Å²) in [5.41, 5.74) is 1.12. The fraction of sp³-hybridized carbons (Fsp3) is 0.455. The first-order chi connectivity index (χ1) is 6.33. The molecule has 2 heteroatoms. The molecule has 0 aliphatic heterocycles. The normalized spacial score (nSPS) is 9.77. The van der Waals surface area contributed by atoms with Crippen LogP contribution in [0.15, 0.2) is 18.2 Å². The van der Waals surface area contributed by atoms with E-state index in [0.29, 0.717) is 0 Å².